The first-order chi connectivity index (χ1) is 10.4. The SMILES string of the molecule is CC(C(=O)O)N1CCC(C(=O)Nc2ccc(F)c(Cl)c2)CC1. The molecular weight excluding hydrogens is 311 g/mol. The number of carbonyl (C=O) groups is 2. The second kappa shape index (κ2) is 7.07. The van der Waals surface area contributed by atoms with E-state index in [-0.39, 0.29) is 16.8 Å². The minimum Gasteiger partial charge on any atom is -0.480 e. The van der Waals surface area contributed by atoms with E-state index in [1.54, 1.807) is 6.92 Å². The second-order valence-electron chi connectivity index (χ2n) is 5.44. The van der Waals surface area contributed by atoms with E-state index in [0.717, 1.165) is 0 Å². The molecule has 1 fully saturated rings. The monoisotopic (exact) mass is 328 g/mol. The predicted octanol–water partition coefficient (Wildman–Crippen LogP) is 2.60. The molecule has 1 atom stereocenters. The summed E-state index contributed by atoms with van der Waals surface area (Å²) in [6.45, 7) is 2.77. The predicted molar refractivity (Wildman–Crippen MR) is 81.4 cm³/mol. The van der Waals surface area contributed by atoms with Gasteiger partial charge in [-0.1, -0.05) is 11.6 Å². The molecule has 1 aliphatic heterocycles. The molecule has 1 saturated heterocycles. The molecule has 120 valence electrons. The molecule has 0 aromatic heterocycles. The van der Waals surface area contributed by atoms with E-state index in [9.17, 15) is 14.0 Å². The summed E-state index contributed by atoms with van der Waals surface area (Å²) < 4.78 is 13.1. The quantitative estimate of drug-likeness (QED) is 0.891. The van der Waals surface area contributed by atoms with Crippen LogP contribution in [-0.2, 0) is 9.59 Å². The Balaban J connectivity index is 1.89. The van der Waals surface area contributed by atoms with Crippen molar-refractivity contribution in [2.75, 3.05) is 18.4 Å². The molecule has 0 aliphatic carbocycles. The van der Waals surface area contributed by atoms with Gasteiger partial charge in [-0.3, -0.25) is 14.5 Å². The summed E-state index contributed by atoms with van der Waals surface area (Å²) in [5.74, 6) is -1.72. The molecule has 1 amide bonds. The number of carbonyl (C=O) groups excluding carboxylic acids is 1. The van der Waals surface area contributed by atoms with Crippen molar-refractivity contribution in [1.82, 2.24) is 4.90 Å². The van der Waals surface area contributed by atoms with Crippen LogP contribution in [0.2, 0.25) is 5.02 Å². The van der Waals surface area contributed by atoms with Crippen LogP contribution in [-0.4, -0.2) is 41.0 Å². The summed E-state index contributed by atoms with van der Waals surface area (Å²) in [7, 11) is 0. The normalized spacial score (nSPS) is 18.0. The van der Waals surface area contributed by atoms with E-state index in [4.69, 9.17) is 16.7 Å². The Morgan fingerprint density at radius 1 is 1.41 bits per heavy atom. The fourth-order valence-corrected chi connectivity index (χ4v) is 2.70. The van der Waals surface area contributed by atoms with Crippen LogP contribution in [0, 0.1) is 11.7 Å². The maximum atomic E-state index is 13.1. The number of hydrogen-bond donors (Lipinski definition) is 2. The van der Waals surface area contributed by atoms with Crippen LogP contribution in [0.3, 0.4) is 0 Å². The third-order valence-corrected chi connectivity index (χ3v) is 4.28. The lowest BCUT2D eigenvalue weighted by molar-refractivity contribution is -0.143. The molecule has 2 N–H and O–H groups in total. The number of hydrogen-bond acceptors (Lipinski definition) is 3. The molecule has 0 spiro atoms. The Bertz CT molecular complexity index is 574. The van der Waals surface area contributed by atoms with Crippen LogP contribution in [0.15, 0.2) is 18.2 Å². The van der Waals surface area contributed by atoms with E-state index in [0.29, 0.717) is 31.6 Å². The fourth-order valence-electron chi connectivity index (χ4n) is 2.52. The van der Waals surface area contributed by atoms with Gasteiger partial charge in [0.15, 0.2) is 0 Å². The number of likely N-dealkylation sites (tertiary alicyclic amines) is 1. The zero-order valence-electron chi connectivity index (χ0n) is 12.2. The molecule has 0 radical (unpaired) electrons. The first kappa shape index (κ1) is 16.7. The maximum absolute atomic E-state index is 13.1. The minimum absolute atomic E-state index is 0.0390. The van der Waals surface area contributed by atoms with Crippen LogP contribution in [0.25, 0.3) is 0 Å². The number of aliphatic carboxylic acids is 1. The molecule has 7 heteroatoms. The maximum Gasteiger partial charge on any atom is 0.320 e. The number of rotatable bonds is 4. The van der Waals surface area contributed by atoms with Gasteiger partial charge in [0.05, 0.1) is 5.02 Å². The molecule has 1 aromatic carbocycles. The molecular formula is C15H18ClFN2O3. The van der Waals surface area contributed by atoms with Crippen molar-refractivity contribution >= 4 is 29.2 Å². The van der Waals surface area contributed by atoms with Crippen LogP contribution < -0.4 is 5.32 Å². The summed E-state index contributed by atoms with van der Waals surface area (Å²) in [5.41, 5.74) is 0.456. The highest BCUT2D eigenvalue weighted by Crippen LogP contribution is 2.23. The number of benzene rings is 1. The summed E-state index contributed by atoms with van der Waals surface area (Å²) >= 11 is 5.68. The number of nitrogens with zero attached hydrogens (tertiary/aromatic N) is 1. The number of anilines is 1. The summed E-state index contributed by atoms with van der Waals surface area (Å²) in [6, 6.07) is 3.49. The Labute approximate surface area is 133 Å². The average molecular weight is 329 g/mol. The van der Waals surface area contributed by atoms with Gasteiger partial charge in [-0.25, -0.2) is 4.39 Å². The molecule has 2 rings (SSSR count). The molecule has 0 saturated carbocycles. The first-order valence-corrected chi connectivity index (χ1v) is 7.49. The van der Waals surface area contributed by atoms with Crippen molar-refractivity contribution < 1.29 is 19.1 Å². The van der Waals surface area contributed by atoms with Gasteiger partial charge >= 0.3 is 5.97 Å². The van der Waals surface area contributed by atoms with Crippen molar-refractivity contribution in [3.05, 3.63) is 29.0 Å². The summed E-state index contributed by atoms with van der Waals surface area (Å²) in [4.78, 5) is 25.0. The summed E-state index contributed by atoms with van der Waals surface area (Å²) in [6.07, 6.45) is 1.19. The van der Waals surface area contributed by atoms with Crippen molar-refractivity contribution in [1.29, 1.82) is 0 Å². The van der Waals surface area contributed by atoms with Crippen molar-refractivity contribution in [3.8, 4) is 0 Å². The molecule has 1 heterocycles. The zero-order valence-corrected chi connectivity index (χ0v) is 12.9. The lowest BCUT2D eigenvalue weighted by Crippen LogP contribution is -2.45. The van der Waals surface area contributed by atoms with Gasteiger partial charge in [-0.05, 0) is 51.1 Å². The topological polar surface area (TPSA) is 69.6 Å². The Morgan fingerprint density at radius 3 is 2.59 bits per heavy atom. The van der Waals surface area contributed by atoms with Gasteiger partial charge < -0.3 is 10.4 Å². The molecule has 1 unspecified atom stereocenters. The van der Waals surface area contributed by atoms with Gasteiger partial charge in [0.25, 0.3) is 0 Å². The Morgan fingerprint density at radius 2 is 2.05 bits per heavy atom. The highest BCUT2D eigenvalue weighted by molar-refractivity contribution is 6.31. The van der Waals surface area contributed by atoms with Gasteiger partial charge in [0, 0.05) is 11.6 Å². The first-order valence-electron chi connectivity index (χ1n) is 7.11. The fraction of sp³-hybridized carbons (Fsp3) is 0.467. The minimum atomic E-state index is -0.858. The number of carboxylic acids is 1. The van der Waals surface area contributed by atoms with E-state index in [2.05, 4.69) is 5.32 Å². The number of piperidine rings is 1. The van der Waals surface area contributed by atoms with E-state index < -0.39 is 17.8 Å². The van der Waals surface area contributed by atoms with Crippen LogP contribution >= 0.6 is 11.6 Å². The van der Waals surface area contributed by atoms with Gasteiger partial charge in [-0.2, -0.15) is 0 Å². The van der Waals surface area contributed by atoms with Crippen LogP contribution in [0.4, 0.5) is 10.1 Å². The second-order valence-corrected chi connectivity index (χ2v) is 5.85. The highest BCUT2D eigenvalue weighted by Gasteiger charge is 2.29. The highest BCUT2D eigenvalue weighted by atomic mass is 35.5. The van der Waals surface area contributed by atoms with Crippen LogP contribution in [0.1, 0.15) is 19.8 Å². The Kier molecular flexibility index (Phi) is 5.37. The van der Waals surface area contributed by atoms with Crippen molar-refractivity contribution in [2.24, 2.45) is 5.92 Å². The number of halogens is 2. The van der Waals surface area contributed by atoms with E-state index >= 15 is 0 Å². The van der Waals surface area contributed by atoms with Gasteiger partial charge in [-0.15, -0.1) is 0 Å². The lowest BCUT2D eigenvalue weighted by Gasteiger charge is -2.33. The van der Waals surface area contributed by atoms with Crippen LogP contribution in [0.5, 0.6) is 0 Å². The lowest BCUT2D eigenvalue weighted by atomic mass is 9.95. The molecule has 22 heavy (non-hydrogen) atoms. The van der Waals surface area contributed by atoms with Gasteiger partial charge in [0.1, 0.15) is 11.9 Å². The average Bonchev–Trinajstić information content (AvgIpc) is 2.50. The molecule has 1 aromatic rings. The summed E-state index contributed by atoms with van der Waals surface area (Å²) in [5, 5.41) is 11.7. The number of nitrogens with one attached hydrogen (secondary N) is 1. The largest absolute Gasteiger partial charge is 0.480 e. The number of carboxylic acid groups (broad SMARTS) is 1. The third kappa shape index (κ3) is 3.96. The molecule has 0 bridgehead atoms. The smallest absolute Gasteiger partial charge is 0.320 e. The van der Waals surface area contributed by atoms with E-state index in [1.807, 2.05) is 4.90 Å². The Hall–Kier alpha value is -1.66. The van der Waals surface area contributed by atoms with E-state index in [1.165, 1.54) is 18.2 Å². The molecule has 1 aliphatic rings. The standard InChI is InChI=1S/C15H18ClFN2O3/c1-9(15(21)22)19-6-4-10(5-7-19)14(20)18-11-2-3-13(17)12(16)8-11/h2-3,8-10H,4-7H2,1H3,(H,18,20)(H,21,22). The third-order valence-electron chi connectivity index (χ3n) is 3.99. The van der Waals surface area contributed by atoms with Gasteiger partial charge in [0.2, 0.25) is 5.91 Å². The van der Waals surface area contributed by atoms with Crippen molar-refractivity contribution in [2.45, 2.75) is 25.8 Å². The zero-order chi connectivity index (χ0) is 16.3. The number of amides is 1. The van der Waals surface area contributed by atoms with Crippen molar-refractivity contribution in [3.63, 3.8) is 0 Å². The molecule has 5 nitrogen and oxygen atoms in total.